The minimum atomic E-state index is -0.896. The van der Waals surface area contributed by atoms with Crippen LogP contribution in [-0.2, 0) is 14.4 Å². The fourth-order valence-electron chi connectivity index (χ4n) is 4.24. The number of amides is 3. The molecular formula is C25H29N3O5S. The van der Waals surface area contributed by atoms with Gasteiger partial charge >= 0.3 is 0 Å². The third kappa shape index (κ3) is 5.14. The molecule has 0 aromatic heterocycles. The van der Waals surface area contributed by atoms with Crippen molar-refractivity contribution in [2.45, 2.75) is 35.8 Å². The van der Waals surface area contributed by atoms with Crippen LogP contribution in [-0.4, -0.2) is 61.7 Å². The van der Waals surface area contributed by atoms with Crippen LogP contribution in [0.4, 0.5) is 11.4 Å². The van der Waals surface area contributed by atoms with Gasteiger partial charge in [-0.15, -0.1) is 11.8 Å². The van der Waals surface area contributed by atoms with Gasteiger partial charge in [0.1, 0.15) is 18.0 Å². The number of hydrogen-bond donors (Lipinski definition) is 1. The second-order valence-electron chi connectivity index (χ2n) is 8.24. The molecule has 4 rings (SSSR count). The van der Waals surface area contributed by atoms with E-state index in [4.69, 9.17) is 9.47 Å². The molecule has 2 aliphatic rings. The lowest BCUT2D eigenvalue weighted by Crippen LogP contribution is -2.51. The average molecular weight is 484 g/mol. The summed E-state index contributed by atoms with van der Waals surface area (Å²) in [5.41, 5.74) is 1.07. The van der Waals surface area contributed by atoms with Gasteiger partial charge in [0, 0.05) is 24.1 Å². The number of fused-ring (bicyclic) bond motifs is 1. The summed E-state index contributed by atoms with van der Waals surface area (Å²) >= 11 is 1.27. The maximum Gasteiger partial charge on any atom is 0.250 e. The number of carbonyl (C=O) groups excluding carboxylic acids is 3. The SMILES string of the molecule is COc1ccc(OC)c(NC(=O)CN2C(=O)[C@H](C(=O)N3CCCCCC3)Sc3ccccc32)c1. The van der Waals surface area contributed by atoms with E-state index in [1.54, 1.807) is 29.2 Å². The monoisotopic (exact) mass is 483 g/mol. The predicted octanol–water partition coefficient (Wildman–Crippen LogP) is 3.55. The summed E-state index contributed by atoms with van der Waals surface area (Å²) < 4.78 is 10.6. The van der Waals surface area contributed by atoms with Crippen LogP contribution in [0, 0.1) is 0 Å². The second-order valence-corrected chi connectivity index (χ2v) is 9.39. The molecule has 0 bridgehead atoms. The topological polar surface area (TPSA) is 88.2 Å². The quantitative estimate of drug-likeness (QED) is 0.633. The molecule has 1 N–H and O–H groups in total. The molecule has 9 heteroatoms. The maximum atomic E-state index is 13.5. The molecule has 2 aromatic rings. The largest absolute Gasteiger partial charge is 0.497 e. The highest BCUT2D eigenvalue weighted by Gasteiger charge is 2.40. The van der Waals surface area contributed by atoms with Crippen LogP contribution < -0.4 is 19.7 Å². The Morgan fingerprint density at radius 3 is 2.47 bits per heavy atom. The van der Waals surface area contributed by atoms with Gasteiger partial charge < -0.3 is 24.6 Å². The lowest BCUT2D eigenvalue weighted by atomic mass is 10.2. The fourth-order valence-corrected chi connectivity index (χ4v) is 5.43. The van der Waals surface area contributed by atoms with Crippen LogP contribution in [0.1, 0.15) is 25.7 Å². The number of likely N-dealkylation sites (tertiary alicyclic amines) is 1. The number of nitrogens with one attached hydrogen (secondary N) is 1. The Hall–Kier alpha value is -3.20. The van der Waals surface area contributed by atoms with Crippen molar-refractivity contribution in [2.24, 2.45) is 0 Å². The standard InChI is InChI=1S/C25H29N3O5S/c1-32-17-11-12-20(33-2)18(15-17)26-22(29)16-28-19-9-5-6-10-21(19)34-23(25(28)31)24(30)27-13-7-3-4-8-14-27/h5-6,9-12,15,23H,3-4,7-8,13-14,16H2,1-2H3,(H,26,29)/t23-/m0/s1. The molecule has 0 spiro atoms. The molecule has 2 aromatic carbocycles. The van der Waals surface area contributed by atoms with Crippen molar-refractivity contribution in [3.05, 3.63) is 42.5 Å². The highest BCUT2D eigenvalue weighted by atomic mass is 32.2. The van der Waals surface area contributed by atoms with Crippen molar-refractivity contribution in [3.63, 3.8) is 0 Å². The van der Waals surface area contributed by atoms with E-state index in [1.165, 1.54) is 30.9 Å². The molecule has 0 aliphatic carbocycles. The van der Waals surface area contributed by atoms with Crippen LogP contribution in [0.2, 0.25) is 0 Å². The van der Waals surface area contributed by atoms with E-state index < -0.39 is 11.2 Å². The molecule has 3 amide bonds. The van der Waals surface area contributed by atoms with Gasteiger partial charge in [0.05, 0.1) is 25.6 Å². The van der Waals surface area contributed by atoms with Gasteiger partial charge in [0.2, 0.25) is 11.8 Å². The third-order valence-corrected chi connectivity index (χ3v) is 7.25. The molecule has 180 valence electrons. The summed E-state index contributed by atoms with van der Waals surface area (Å²) in [6.07, 6.45) is 4.08. The molecule has 2 aliphatic heterocycles. The summed E-state index contributed by atoms with van der Waals surface area (Å²) in [4.78, 5) is 43.9. The summed E-state index contributed by atoms with van der Waals surface area (Å²) in [5, 5.41) is 1.91. The van der Waals surface area contributed by atoms with Crippen molar-refractivity contribution in [1.82, 2.24) is 4.90 Å². The second kappa shape index (κ2) is 10.8. The number of hydrogen-bond acceptors (Lipinski definition) is 6. The van der Waals surface area contributed by atoms with Gasteiger partial charge in [0.25, 0.3) is 5.91 Å². The van der Waals surface area contributed by atoms with Crippen molar-refractivity contribution >= 4 is 40.9 Å². The number of rotatable bonds is 6. The minimum Gasteiger partial charge on any atom is -0.497 e. The first-order valence-electron chi connectivity index (χ1n) is 11.4. The van der Waals surface area contributed by atoms with E-state index in [0.717, 1.165) is 30.6 Å². The molecule has 0 saturated carbocycles. The summed E-state index contributed by atoms with van der Waals surface area (Å²) in [5.74, 6) is 0.0962. The normalized spacial score (nSPS) is 18.1. The Balaban J connectivity index is 1.56. The predicted molar refractivity (Wildman–Crippen MR) is 132 cm³/mol. The Labute approximate surface area is 203 Å². The summed E-state index contributed by atoms with van der Waals surface area (Å²) in [7, 11) is 3.05. The first kappa shape index (κ1) is 23.9. The van der Waals surface area contributed by atoms with Gasteiger partial charge in [-0.3, -0.25) is 14.4 Å². The van der Waals surface area contributed by atoms with Crippen molar-refractivity contribution in [2.75, 3.05) is 44.1 Å². The van der Waals surface area contributed by atoms with Crippen LogP contribution in [0.25, 0.3) is 0 Å². The molecule has 1 saturated heterocycles. The number of anilines is 2. The number of benzene rings is 2. The highest BCUT2D eigenvalue weighted by Crippen LogP contribution is 2.40. The zero-order chi connectivity index (χ0) is 24.1. The number of nitrogens with zero attached hydrogens (tertiary/aromatic N) is 2. The first-order valence-corrected chi connectivity index (χ1v) is 12.3. The van der Waals surface area contributed by atoms with Crippen molar-refractivity contribution in [1.29, 1.82) is 0 Å². The molecular weight excluding hydrogens is 454 g/mol. The molecule has 0 unspecified atom stereocenters. The van der Waals surface area contributed by atoms with E-state index in [2.05, 4.69) is 5.32 Å². The molecule has 1 atom stereocenters. The van der Waals surface area contributed by atoms with Crippen LogP contribution in [0.5, 0.6) is 11.5 Å². The fraction of sp³-hybridized carbons (Fsp3) is 0.400. The average Bonchev–Trinajstić information content (AvgIpc) is 3.15. The zero-order valence-electron chi connectivity index (χ0n) is 19.4. The van der Waals surface area contributed by atoms with E-state index in [1.807, 2.05) is 18.2 Å². The molecule has 2 heterocycles. The van der Waals surface area contributed by atoms with Crippen LogP contribution >= 0.6 is 11.8 Å². The number of thioether (sulfide) groups is 1. The Bertz CT molecular complexity index is 1070. The van der Waals surface area contributed by atoms with E-state index >= 15 is 0 Å². The van der Waals surface area contributed by atoms with E-state index in [9.17, 15) is 14.4 Å². The number of ether oxygens (including phenoxy) is 2. The molecule has 0 radical (unpaired) electrons. The number of para-hydroxylation sites is 1. The molecule has 34 heavy (non-hydrogen) atoms. The Kier molecular flexibility index (Phi) is 7.62. The van der Waals surface area contributed by atoms with Crippen molar-refractivity contribution < 1.29 is 23.9 Å². The Morgan fingerprint density at radius 2 is 1.76 bits per heavy atom. The minimum absolute atomic E-state index is 0.175. The van der Waals surface area contributed by atoms with Gasteiger partial charge in [-0.05, 0) is 37.1 Å². The molecule has 1 fully saturated rings. The zero-order valence-corrected chi connectivity index (χ0v) is 20.2. The van der Waals surface area contributed by atoms with Gasteiger partial charge in [-0.25, -0.2) is 0 Å². The lowest BCUT2D eigenvalue weighted by Gasteiger charge is -2.34. The van der Waals surface area contributed by atoms with E-state index in [-0.39, 0.29) is 18.4 Å². The van der Waals surface area contributed by atoms with Gasteiger partial charge in [-0.2, -0.15) is 0 Å². The summed E-state index contributed by atoms with van der Waals surface area (Å²) in [6.45, 7) is 1.11. The maximum absolute atomic E-state index is 13.5. The highest BCUT2D eigenvalue weighted by molar-refractivity contribution is 8.01. The first-order chi connectivity index (χ1) is 16.5. The number of carbonyl (C=O) groups is 3. The van der Waals surface area contributed by atoms with Crippen LogP contribution in [0.3, 0.4) is 0 Å². The van der Waals surface area contributed by atoms with Gasteiger partial charge in [0.15, 0.2) is 5.25 Å². The molecule has 8 nitrogen and oxygen atoms in total. The summed E-state index contributed by atoms with van der Waals surface area (Å²) in [6, 6.07) is 12.5. The van der Waals surface area contributed by atoms with Gasteiger partial charge in [-0.1, -0.05) is 25.0 Å². The van der Waals surface area contributed by atoms with Crippen LogP contribution in [0.15, 0.2) is 47.4 Å². The lowest BCUT2D eigenvalue weighted by molar-refractivity contribution is -0.135. The smallest absolute Gasteiger partial charge is 0.250 e. The Morgan fingerprint density at radius 1 is 1.03 bits per heavy atom. The van der Waals surface area contributed by atoms with Crippen molar-refractivity contribution in [3.8, 4) is 11.5 Å². The number of methoxy groups -OCH3 is 2. The third-order valence-electron chi connectivity index (χ3n) is 6.02. The van der Waals surface area contributed by atoms with E-state index in [0.29, 0.717) is 36.0 Å².